The summed E-state index contributed by atoms with van der Waals surface area (Å²) in [5.74, 6) is 1.07. The van der Waals surface area contributed by atoms with E-state index in [1.807, 2.05) is 19.0 Å². The molecule has 2 saturated heterocycles. The number of pyridine rings is 1. The third-order valence-electron chi connectivity index (χ3n) is 6.37. The summed E-state index contributed by atoms with van der Waals surface area (Å²) in [7, 11) is 0.0352. The van der Waals surface area contributed by atoms with E-state index in [0.29, 0.717) is 43.4 Å². The number of rotatable bonds is 7. The Balaban J connectivity index is 1.39. The van der Waals surface area contributed by atoms with Crippen LogP contribution in [0.2, 0.25) is 5.02 Å². The highest BCUT2D eigenvalue weighted by Crippen LogP contribution is 2.27. The quantitative estimate of drug-likeness (QED) is 0.603. The SMILES string of the molecule is CN(C)c1ccc(S(=O)(=O)N2CCC(n3ncc(NC[C@@H]4CCCOC4)c(Cl)c3=O)CC2)cn1. The highest BCUT2D eigenvalue weighted by molar-refractivity contribution is 7.89. The van der Waals surface area contributed by atoms with E-state index >= 15 is 0 Å². The van der Waals surface area contributed by atoms with Crippen molar-refractivity contribution in [3.63, 3.8) is 0 Å². The Kier molecular flexibility index (Phi) is 7.76. The van der Waals surface area contributed by atoms with Gasteiger partial charge in [0, 0.05) is 46.5 Å². The van der Waals surface area contributed by atoms with Crippen LogP contribution in [0.15, 0.2) is 34.2 Å². The average molecular weight is 511 g/mol. The number of nitrogens with one attached hydrogen (secondary N) is 1. The lowest BCUT2D eigenvalue weighted by Gasteiger charge is -2.31. The molecular formula is C22H31ClN6O4S. The first-order valence-electron chi connectivity index (χ1n) is 11.5. The lowest BCUT2D eigenvalue weighted by Crippen LogP contribution is -2.41. The number of piperidine rings is 1. The minimum atomic E-state index is -3.66. The van der Waals surface area contributed by atoms with Crippen LogP contribution in [0.4, 0.5) is 11.5 Å². The van der Waals surface area contributed by atoms with Crippen molar-refractivity contribution in [2.45, 2.75) is 36.6 Å². The Morgan fingerprint density at radius 3 is 2.59 bits per heavy atom. The molecule has 10 nitrogen and oxygen atoms in total. The van der Waals surface area contributed by atoms with Crippen LogP contribution in [-0.2, 0) is 14.8 Å². The average Bonchev–Trinajstić information content (AvgIpc) is 2.86. The number of halogens is 1. The number of aromatic nitrogens is 3. The third-order valence-corrected chi connectivity index (χ3v) is 8.61. The maximum absolute atomic E-state index is 13.0. The summed E-state index contributed by atoms with van der Waals surface area (Å²) in [5.41, 5.74) is 0.151. The monoisotopic (exact) mass is 510 g/mol. The number of anilines is 2. The summed E-state index contributed by atoms with van der Waals surface area (Å²) in [6, 6.07) is 3.04. The second kappa shape index (κ2) is 10.6. The molecule has 0 spiro atoms. The van der Waals surface area contributed by atoms with Gasteiger partial charge in [0.05, 0.1) is 24.5 Å². The Morgan fingerprint density at radius 2 is 1.97 bits per heavy atom. The molecule has 1 N–H and O–H groups in total. The van der Waals surface area contributed by atoms with Gasteiger partial charge in [-0.15, -0.1) is 0 Å². The first-order valence-corrected chi connectivity index (χ1v) is 13.3. The van der Waals surface area contributed by atoms with Gasteiger partial charge in [-0.05, 0) is 43.7 Å². The smallest absolute Gasteiger partial charge is 0.287 e. The predicted molar refractivity (Wildman–Crippen MR) is 131 cm³/mol. The molecule has 2 aromatic heterocycles. The van der Waals surface area contributed by atoms with Gasteiger partial charge in [0.2, 0.25) is 10.0 Å². The van der Waals surface area contributed by atoms with Crippen LogP contribution in [0, 0.1) is 5.92 Å². The van der Waals surface area contributed by atoms with Crippen molar-refractivity contribution in [1.29, 1.82) is 0 Å². The second-order valence-electron chi connectivity index (χ2n) is 8.97. The zero-order chi connectivity index (χ0) is 24.3. The number of nitrogens with zero attached hydrogens (tertiary/aromatic N) is 5. The van der Waals surface area contributed by atoms with Gasteiger partial charge in [-0.1, -0.05) is 11.6 Å². The van der Waals surface area contributed by atoms with Crippen molar-refractivity contribution < 1.29 is 13.2 Å². The van der Waals surface area contributed by atoms with Gasteiger partial charge in [0.1, 0.15) is 15.7 Å². The van der Waals surface area contributed by atoms with E-state index in [2.05, 4.69) is 15.4 Å². The predicted octanol–water partition coefficient (Wildman–Crippen LogP) is 2.22. The largest absolute Gasteiger partial charge is 0.382 e. The van der Waals surface area contributed by atoms with Crippen molar-refractivity contribution in [2.75, 3.05) is 57.2 Å². The molecule has 0 aromatic carbocycles. The molecule has 2 aliphatic heterocycles. The number of ether oxygens (including phenoxy) is 1. The van der Waals surface area contributed by atoms with Gasteiger partial charge >= 0.3 is 0 Å². The van der Waals surface area contributed by atoms with E-state index in [0.717, 1.165) is 19.4 Å². The second-order valence-corrected chi connectivity index (χ2v) is 11.3. The highest BCUT2D eigenvalue weighted by atomic mass is 35.5. The Labute approximate surface area is 204 Å². The fourth-order valence-electron chi connectivity index (χ4n) is 4.32. The molecule has 4 heterocycles. The van der Waals surface area contributed by atoms with Gasteiger partial charge in [0.25, 0.3) is 5.56 Å². The van der Waals surface area contributed by atoms with Crippen molar-refractivity contribution in [2.24, 2.45) is 5.92 Å². The zero-order valence-electron chi connectivity index (χ0n) is 19.5. The highest BCUT2D eigenvalue weighted by Gasteiger charge is 2.31. The summed E-state index contributed by atoms with van der Waals surface area (Å²) >= 11 is 6.37. The van der Waals surface area contributed by atoms with E-state index in [1.54, 1.807) is 18.3 Å². The maximum Gasteiger partial charge on any atom is 0.287 e. The lowest BCUT2D eigenvalue weighted by atomic mass is 10.0. The van der Waals surface area contributed by atoms with Crippen LogP contribution in [0.25, 0.3) is 0 Å². The van der Waals surface area contributed by atoms with E-state index in [-0.39, 0.29) is 34.6 Å². The normalized spacial score (nSPS) is 20.3. The van der Waals surface area contributed by atoms with Gasteiger partial charge < -0.3 is 15.0 Å². The molecule has 0 saturated carbocycles. The number of sulfonamides is 1. The van der Waals surface area contributed by atoms with E-state index in [9.17, 15) is 13.2 Å². The molecule has 1 atom stereocenters. The third kappa shape index (κ3) is 5.37. The molecule has 186 valence electrons. The van der Waals surface area contributed by atoms with Crippen LogP contribution in [0.3, 0.4) is 0 Å². The summed E-state index contributed by atoms with van der Waals surface area (Å²) in [6.45, 7) is 2.75. The van der Waals surface area contributed by atoms with Crippen molar-refractivity contribution in [1.82, 2.24) is 19.1 Å². The summed E-state index contributed by atoms with van der Waals surface area (Å²) < 4.78 is 34.4. The van der Waals surface area contributed by atoms with Crippen LogP contribution >= 0.6 is 11.6 Å². The van der Waals surface area contributed by atoms with Gasteiger partial charge in [-0.25, -0.2) is 18.1 Å². The lowest BCUT2D eigenvalue weighted by molar-refractivity contribution is 0.0595. The molecule has 12 heteroatoms. The molecule has 34 heavy (non-hydrogen) atoms. The zero-order valence-corrected chi connectivity index (χ0v) is 21.1. The summed E-state index contributed by atoms with van der Waals surface area (Å²) in [5, 5.41) is 7.67. The Morgan fingerprint density at radius 1 is 1.21 bits per heavy atom. The number of hydrogen-bond donors (Lipinski definition) is 1. The Hall–Kier alpha value is -2.21. The fourth-order valence-corrected chi connectivity index (χ4v) is 5.93. The molecule has 2 fully saturated rings. The molecule has 0 unspecified atom stereocenters. The van der Waals surface area contributed by atoms with Crippen molar-refractivity contribution >= 4 is 33.1 Å². The number of hydrogen-bond acceptors (Lipinski definition) is 8. The van der Waals surface area contributed by atoms with Crippen molar-refractivity contribution in [3.8, 4) is 0 Å². The standard InChI is InChI=1S/C22H31ClN6O4S/c1-27(2)20-6-5-18(13-25-20)34(31,32)28-9-7-17(8-10-28)29-22(30)21(23)19(14-26-29)24-12-16-4-3-11-33-15-16/h5-6,13-14,16-17,24H,3-4,7-12,15H2,1-2H3/t16-/m0/s1. The molecule has 0 radical (unpaired) electrons. The van der Waals surface area contributed by atoms with Gasteiger partial charge in [-0.3, -0.25) is 4.79 Å². The fraction of sp³-hybridized carbons (Fsp3) is 0.591. The molecular weight excluding hydrogens is 480 g/mol. The topological polar surface area (TPSA) is 110 Å². The van der Waals surface area contributed by atoms with E-state index in [4.69, 9.17) is 16.3 Å². The van der Waals surface area contributed by atoms with E-state index < -0.39 is 10.0 Å². The van der Waals surface area contributed by atoms with Gasteiger partial charge in [-0.2, -0.15) is 9.40 Å². The molecule has 4 rings (SSSR count). The van der Waals surface area contributed by atoms with Crippen LogP contribution in [-0.4, -0.2) is 74.4 Å². The minimum Gasteiger partial charge on any atom is -0.382 e. The van der Waals surface area contributed by atoms with Crippen LogP contribution < -0.4 is 15.8 Å². The molecule has 0 aliphatic carbocycles. The minimum absolute atomic E-state index is 0.105. The van der Waals surface area contributed by atoms with Crippen LogP contribution in [0.5, 0.6) is 0 Å². The molecule has 0 bridgehead atoms. The maximum atomic E-state index is 13.0. The van der Waals surface area contributed by atoms with Crippen molar-refractivity contribution in [3.05, 3.63) is 39.9 Å². The van der Waals surface area contributed by atoms with E-state index in [1.165, 1.54) is 15.2 Å². The Bertz CT molecular complexity index is 1140. The molecule has 2 aliphatic rings. The first-order chi connectivity index (χ1) is 16.3. The molecule has 0 amide bonds. The van der Waals surface area contributed by atoms with Crippen LogP contribution in [0.1, 0.15) is 31.7 Å². The molecule has 2 aromatic rings. The summed E-state index contributed by atoms with van der Waals surface area (Å²) in [6.07, 6.45) is 6.01. The van der Waals surface area contributed by atoms with Gasteiger partial charge in [0.15, 0.2) is 0 Å². The summed E-state index contributed by atoms with van der Waals surface area (Å²) in [4.78, 5) is 19.1. The first kappa shape index (κ1) is 24.9.